The Morgan fingerprint density at radius 2 is 1.72 bits per heavy atom. The van der Waals surface area contributed by atoms with Gasteiger partial charge in [0.05, 0.1) is 4.90 Å². The van der Waals surface area contributed by atoms with Crippen LogP contribution in [0.25, 0.3) is 0 Å². The van der Waals surface area contributed by atoms with Gasteiger partial charge >= 0.3 is 0 Å². The molecule has 2 fully saturated rings. The highest BCUT2D eigenvalue weighted by Gasteiger charge is 2.37. The first-order valence-corrected chi connectivity index (χ1v) is 10.6. The van der Waals surface area contributed by atoms with Crippen molar-refractivity contribution in [3.63, 3.8) is 0 Å². The van der Waals surface area contributed by atoms with Crippen LogP contribution in [0.15, 0.2) is 29.2 Å². The molecule has 5 nitrogen and oxygen atoms in total. The molecular weight excluding hydrogens is 360 g/mol. The predicted octanol–water partition coefficient (Wildman–Crippen LogP) is 3.00. The molecule has 1 aromatic rings. The molecule has 0 radical (unpaired) electrons. The number of hydrogen-bond donors (Lipinski definition) is 0. The van der Waals surface area contributed by atoms with Crippen LogP contribution in [0.2, 0.25) is 5.02 Å². The lowest BCUT2D eigenvalue weighted by Gasteiger charge is -2.34. The molecule has 0 N–H and O–H groups in total. The first-order valence-electron chi connectivity index (χ1n) is 8.83. The fraction of sp³-hybridized carbons (Fsp3) is 0.611. The summed E-state index contributed by atoms with van der Waals surface area (Å²) < 4.78 is 26.9. The highest BCUT2D eigenvalue weighted by atomic mass is 35.5. The van der Waals surface area contributed by atoms with Gasteiger partial charge in [0.15, 0.2) is 0 Å². The highest BCUT2D eigenvalue weighted by molar-refractivity contribution is 7.89. The SMILES string of the molecule is CC(C1CC1)N(C)C(=O)C1CCN(S(=O)(=O)c2ccc(Cl)cc2)CC1. The topological polar surface area (TPSA) is 57.7 Å². The Labute approximate surface area is 155 Å². The number of hydrogen-bond acceptors (Lipinski definition) is 3. The molecule has 1 heterocycles. The van der Waals surface area contributed by atoms with Gasteiger partial charge in [0.2, 0.25) is 15.9 Å². The Morgan fingerprint density at radius 3 is 2.24 bits per heavy atom. The number of sulfonamides is 1. The Kier molecular flexibility index (Phi) is 5.42. The van der Waals surface area contributed by atoms with Crippen LogP contribution in [0, 0.1) is 11.8 Å². The average Bonchev–Trinajstić information content (AvgIpc) is 3.45. The van der Waals surface area contributed by atoms with Crippen LogP contribution < -0.4 is 0 Å². The lowest BCUT2D eigenvalue weighted by atomic mass is 9.96. The van der Waals surface area contributed by atoms with Crippen molar-refractivity contribution in [2.24, 2.45) is 11.8 Å². The molecule has 0 aromatic heterocycles. The van der Waals surface area contributed by atoms with Crippen LogP contribution in [0.5, 0.6) is 0 Å². The molecule has 1 aliphatic heterocycles. The molecule has 25 heavy (non-hydrogen) atoms. The van der Waals surface area contributed by atoms with Crippen molar-refractivity contribution in [1.82, 2.24) is 9.21 Å². The lowest BCUT2D eigenvalue weighted by molar-refractivity contribution is -0.137. The van der Waals surface area contributed by atoms with E-state index in [4.69, 9.17) is 11.6 Å². The van der Waals surface area contributed by atoms with Crippen LogP contribution >= 0.6 is 11.6 Å². The van der Waals surface area contributed by atoms with E-state index >= 15 is 0 Å². The molecule has 1 aromatic carbocycles. The smallest absolute Gasteiger partial charge is 0.243 e. The van der Waals surface area contributed by atoms with E-state index in [1.54, 1.807) is 12.1 Å². The first kappa shape index (κ1) is 18.7. The second-order valence-corrected chi connectivity index (χ2v) is 9.53. The van der Waals surface area contributed by atoms with E-state index in [1.165, 1.54) is 29.3 Å². The first-order chi connectivity index (χ1) is 11.8. The number of carbonyl (C=O) groups excluding carboxylic acids is 1. The number of amides is 1. The molecule has 2 aliphatic rings. The largest absolute Gasteiger partial charge is 0.343 e. The van der Waals surface area contributed by atoms with Gasteiger partial charge in [0.1, 0.15) is 0 Å². The molecule has 1 unspecified atom stereocenters. The van der Waals surface area contributed by atoms with E-state index in [0.717, 1.165) is 0 Å². The third-order valence-corrected chi connectivity index (χ3v) is 7.68. The molecule has 1 amide bonds. The normalized spacial score (nSPS) is 21.1. The summed E-state index contributed by atoms with van der Waals surface area (Å²) >= 11 is 5.83. The number of piperidine rings is 1. The zero-order valence-electron chi connectivity index (χ0n) is 14.7. The van der Waals surface area contributed by atoms with E-state index in [-0.39, 0.29) is 22.8 Å². The highest BCUT2D eigenvalue weighted by Crippen LogP contribution is 2.35. The van der Waals surface area contributed by atoms with Crippen molar-refractivity contribution >= 4 is 27.5 Å². The summed E-state index contributed by atoms with van der Waals surface area (Å²) in [6.45, 7) is 2.87. The summed E-state index contributed by atoms with van der Waals surface area (Å²) in [7, 11) is -1.64. The Morgan fingerprint density at radius 1 is 1.16 bits per heavy atom. The van der Waals surface area contributed by atoms with Crippen LogP contribution in [0.1, 0.15) is 32.6 Å². The Balaban J connectivity index is 1.61. The van der Waals surface area contributed by atoms with Crippen LogP contribution in [0.3, 0.4) is 0 Å². The van der Waals surface area contributed by atoms with Crippen LogP contribution in [0.4, 0.5) is 0 Å². The minimum absolute atomic E-state index is 0.0807. The van der Waals surface area contributed by atoms with Gasteiger partial charge in [-0.05, 0) is 62.8 Å². The van der Waals surface area contributed by atoms with Crippen molar-refractivity contribution in [3.8, 4) is 0 Å². The van der Waals surface area contributed by atoms with E-state index in [2.05, 4.69) is 6.92 Å². The lowest BCUT2D eigenvalue weighted by Crippen LogP contribution is -2.45. The van der Waals surface area contributed by atoms with Crippen molar-refractivity contribution in [3.05, 3.63) is 29.3 Å². The van der Waals surface area contributed by atoms with Crippen molar-refractivity contribution in [2.45, 2.75) is 43.5 Å². The standard InChI is InChI=1S/C18H25ClN2O3S/c1-13(14-3-4-14)20(2)18(22)15-9-11-21(12-10-15)25(23,24)17-7-5-16(19)6-8-17/h5-8,13-15H,3-4,9-12H2,1-2H3. The second-order valence-electron chi connectivity index (χ2n) is 7.16. The quantitative estimate of drug-likeness (QED) is 0.784. The van der Waals surface area contributed by atoms with E-state index < -0.39 is 10.0 Å². The van der Waals surface area contributed by atoms with Gasteiger partial charge in [-0.1, -0.05) is 11.6 Å². The van der Waals surface area contributed by atoms with Crippen molar-refractivity contribution in [2.75, 3.05) is 20.1 Å². The van der Waals surface area contributed by atoms with Crippen LogP contribution in [-0.4, -0.2) is 49.7 Å². The van der Waals surface area contributed by atoms with Gasteiger partial charge in [-0.25, -0.2) is 8.42 Å². The summed E-state index contributed by atoms with van der Waals surface area (Å²) in [5, 5.41) is 0.510. The molecule has 3 rings (SSSR count). The zero-order chi connectivity index (χ0) is 18.2. The number of halogens is 1. The fourth-order valence-electron chi connectivity index (χ4n) is 3.48. The van der Waals surface area contributed by atoms with Gasteiger partial charge in [0, 0.05) is 37.1 Å². The molecule has 0 spiro atoms. The third kappa shape index (κ3) is 4.01. The van der Waals surface area contributed by atoms with E-state index in [0.29, 0.717) is 36.9 Å². The second kappa shape index (κ2) is 7.25. The van der Waals surface area contributed by atoms with Crippen LogP contribution in [-0.2, 0) is 14.8 Å². The molecule has 1 saturated heterocycles. The van der Waals surface area contributed by atoms with Gasteiger partial charge < -0.3 is 4.90 Å². The predicted molar refractivity (Wildman–Crippen MR) is 97.9 cm³/mol. The summed E-state index contributed by atoms with van der Waals surface area (Å²) in [5.74, 6) is 0.713. The molecule has 1 aliphatic carbocycles. The maximum absolute atomic E-state index is 12.7. The number of carbonyl (C=O) groups is 1. The maximum atomic E-state index is 12.7. The number of benzene rings is 1. The summed E-state index contributed by atoms with van der Waals surface area (Å²) in [6.07, 6.45) is 3.56. The van der Waals surface area contributed by atoms with Gasteiger partial charge in [-0.3, -0.25) is 4.79 Å². The van der Waals surface area contributed by atoms with Crippen molar-refractivity contribution < 1.29 is 13.2 Å². The van der Waals surface area contributed by atoms with Gasteiger partial charge in [0.25, 0.3) is 0 Å². The number of nitrogens with zero attached hydrogens (tertiary/aromatic N) is 2. The monoisotopic (exact) mass is 384 g/mol. The molecule has 138 valence electrons. The Hall–Kier alpha value is -1.11. The number of rotatable bonds is 5. The van der Waals surface area contributed by atoms with Crippen molar-refractivity contribution in [1.29, 1.82) is 0 Å². The summed E-state index contributed by atoms with van der Waals surface area (Å²) in [5.41, 5.74) is 0. The van der Waals surface area contributed by atoms with Gasteiger partial charge in [-0.2, -0.15) is 4.31 Å². The third-order valence-electron chi connectivity index (χ3n) is 5.52. The molecule has 0 bridgehead atoms. The maximum Gasteiger partial charge on any atom is 0.243 e. The fourth-order valence-corrected chi connectivity index (χ4v) is 5.08. The average molecular weight is 385 g/mol. The minimum Gasteiger partial charge on any atom is -0.343 e. The Bertz CT molecular complexity index is 723. The molecular formula is C18H25ClN2O3S. The molecule has 1 saturated carbocycles. The minimum atomic E-state index is -3.52. The van der Waals surface area contributed by atoms with E-state index in [1.807, 2.05) is 11.9 Å². The van der Waals surface area contributed by atoms with E-state index in [9.17, 15) is 13.2 Å². The van der Waals surface area contributed by atoms with Gasteiger partial charge in [-0.15, -0.1) is 0 Å². The summed E-state index contributed by atoms with van der Waals surface area (Å²) in [6, 6.07) is 6.50. The summed E-state index contributed by atoms with van der Waals surface area (Å²) in [4.78, 5) is 14.8. The zero-order valence-corrected chi connectivity index (χ0v) is 16.3. The molecule has 1 atom stereocenters. The molecule has 7 heteroatoms.